The molecule has 0 aromatic heterocycles. The van der Waals surface area contributed by atoms with E-state index in [0.29, 0.717) is 0 Å². The molecule has 0 bridgehead atoms. The summed E-state index contributed by atoms with van der Waals surface area (Å²) < 4.78 is 5.39. The predicted molar refractivity (Wildman–Crippen MR) is 71.0 cm³/mol. The summed E-state index contributed by atoms with van der Waals surface area (Å²) in [7, 11) is 0. The second kappa shape index (κ2) is 7.13. The van der Waals surface area contributed by atoms with Crippen LogP contribution in [0, 0.1) is 0 Å². The smallest absolute Gasteiger partial charge is 0.162 e. The summed E-state index contributed by atoms with van der Waals surface area (Å²) in [5, 5.41) is 0. The summed E-state index contributed by atoms with van der Waals surface area (Å²) in [4.78, 5) is 0. The average molecular weight is 237 g/mol. The Morgan fingerprint density at radius 3 is 2.88 bits per heavy atom. The molecular weight excluding hydrogens is 220 g/mol. The van der Waals surface area contributed by atoms with E-state index in [1.807, 2.05) is 18.2 Å². The molecule has 86 valence electrons. The first kappa shape index (κ1) is 12.9. The lowest BCUT2D eigenvalue weighted by Crippen LogP contribution is -1.96. The van der Waals surface area contributed by atoms with Crippen molar-refractivity contribution in [3.05, 3.63) is 48.1 Å². The van der Waals surface area contributed by atoms with Crippen LogP contribution in [0.5, 0.6) is 5.75 Å². The molecule has 0 N–H and O–H groups in total. The van der Waals surface area contributed by atoms with Gasteiger partial charge < -0.3 is 4.74 Å². The Morgan fingerprint density at radius 2 is 2.25 bits per heavy atom. The van der Waals surface area contributed by atoms with E-state index < -0.39 is 0 Å². The quantitative estimate of drug-likeness (QED) is 0.525. The zero-order valence-electron chi connectivity index (χ0n) is 9.58. The molecule has 0 atom stereocenters. The van der Waals surface area contributed by atoms with Gasteiger partial charge in [-0.05, 0) is 24.5 Å². The van der Waals surface area contributed by atoms with Gasteiger partial charge >= 0.3 is 0 Å². The minimum Gasteiger partial charge on any atom is -0.478 e. The highest BCUT2D eigenvalue weighted by Gasteiger charge is 2.05. The van der Waals surface area contributed by atoms with Gasteiger partial charge in [0.15, 0.2) is 6.07 Å². The molecule has 0 aliphatic heterocycles. The normalized spacial score (nSPS) is 10.6. The Morgan fingerprint density at radius 1 is 1.44 bits per heavy atom. The Balaban J connectivity index is 3.09. The van der Waals surface area contributed by atoms with Gasteiger partial charge in [-0.2, -0.15) is 0 Å². The van der Waals surface area contributed by atoms with Crippen LogP contribution in [0.3, 0.4) is 0 Å². The van der Waals surface area contributed by atoms with E-state index >= 15 is 0 Å². The van der Waals surface area contributed by atoms with Crippen molar-refractivity contribution in [2.45, 2.75) is 19.8 Å². The number of rotatable bonds is 6. The van der Waals surface area contributed by atoms with Crippen LogP contribution in [-0.2, 0) is 6.42 Å². The molecule has 1 nitrogen and oxygen atoms in total. The fourth-order valence-corrected chi connectivity index (χ4v) is 1.66. The van der Waals surface area contributed by atoms with Crippen LogP contribution in [0.15, 0.2) is 36.9 Å². The van der Waals surface area contributed by atoms with Gasteiger partial charge in [0.1, 0.15) is 5.75 Å². The molecule has 1 aromatic rings. The summed E-state index contributed by atoms with van der Waals surface area (Å²) in [5.74, 6) is 0.841. The molecule has 1 rings (SSSR count). The van der Waals surface area contributed by atoms with Gasteiger partial charge in [-0.1, -0.05) is 48.9 Å². The third kappa shape index (κ3) is 3.42. The SMILES string of the molecule is C=CCc1c(C=CCC)cccc1OCCl. The number of allylic oxidation sites excluding steroid dienone is 2. The molecule has 0 spiro atoms. The summed E-state index contributed by atoms with van der Waals surface area (Å²) in [6.45, 7) is 5.88. The minimum atomic E-state index is 0.172. The Hall–Kier alpha value is -1.21. The van der Waals surface area contributed by atoms with Crippen molar-refractivity contribution in [2.24, 2.45) is 0 Å². The molecule has 0 radical (unpaired) electrons. The van der Waals surface area contributed by atoms with Gasteiger partial charge in [-0.3, -0.25) is 0 Å². The Kier molecular flexibility index (Phi) is 5.73. The van der Waals surface area contributed by atoms with E-state index in [0.717, 1.165) is 24.2 Å². The fourth-order valence-electron chi connectivity index (χ4n) is 1.54. The van der Waals surface area contributed by atoms with Crippen molar-refractivity contribution in [1.29, 1.82) is 0 Å². The summed E-state index contributed by atoms with van der Waals surface area (Å²) in [5.41, 5.74) is 2.31. The number of ether oxygens (including phenoxy) is 1. The van der Waals surface area contributed by atoms with Crippen molar-refractivity contribution >= 4 is 17.7 Å². The Labute approximate surface area is 102 Å². The number of alkyl halides is 1. The topological polar surface area (TPSA) is 9.23 Å². The lowest BCUT2D eigenvalue weighted by molar-refractivity contribution is 0.384. The van der Waals surface area contributed by atoms with Crippen LogP contribution < -0.4 is 4.74 Å². The zero-order valence-corrected chi connectivity index (χ0v) is 10.3. The number of hydrogen-bond donors (Lipinski definition) is 0. The standard InChI is InChI=1S/C14H17ClO/c1-3-5-8-12-9-6-10-14(16-11-15)13(12)7-4-2/h4-6,8-10H,2-3,7,11H2,1H3. The van der Waals surface area contributed by atoms with E-state index in [1.54, 1.807) is 0 Å². The lowest BCUT2D eigenvalue weighted by atomic mass is 10.0. The second-order valence-electron chi connectivity index (χ2n) is 3.38. The third-order valence-corrected chi connectivity index (χ3v) is 2.37. The second-order valence-corrected chi connectivity index (χ2v) is 3.60. The van der Waals surface area contributed by atoms with Crippen LogP contribution in [0.2, 0.25) is 0 Å². The maximum Gasteiger partial charge on any atom is 0.162 e. The number of halogens is 1. The van der Waals surface area contributed by atoms with Gasteiger partial charge in [0.25, 0.3) is 0 Å². The molecule has 0 aliphatic rings. The average Bonchev–Trinajstić information content (AvgIpc) is 2.30. The minimum absolute atomic E-state index is 0.172. The van der Waals surface area contributed by atoms with Crippen molar-refractivity contribution in [3.63, 3.8) is 0 Å². The highest BCUT2D eigenvalue weighted by molar-refractivity contribution is 6.17. The van der Waals surface area contributed by atoms with E-state index in [-0.39, 0.29) is 6.07 Å². The van der Waals surface area contributed by atoms with Gasteiger partial charge in [0.2, 0.25) is 0 Å². The maximum atomic E-state index is 5.60. The molecule has 2 heteroatoms. The molecule has 16 heavy (non-hydrogen) atoms. The van der Waals surface area contributed by atoms with E-state index in [4.69, 9.17) is 16.3 Å². The summed E-state index contributed by atoms with van der Waals surface area (Å²) in [6.07, 6.45) is 7.93. The molecule has 0 saturated heterocycles. The van der Waals surface area contributed by atoms with Crippen LogP contribution >= 0.6 is 11.6 Å². The highest BCUT2D eigenvalue weighted by Crippen LogP contribution is 2.25. The van der Waals surface area contributed by atoms with E-state index in [9.17, 15) is 0 Å². The fraction of sp³-hybridized carbons (Fsp3) is 0.286. The largest absolute Gasteiger partial charge is 0.478 e. The van der Waals surface area contributed by atoms with E-state index in [1.165, 1.54) is 5.56 Å². The zero-order chi connectivity index (χ0) is 11.8. The monoisotopic (exact) mass is 236 g/mol. The molecule has 1 aromatic carbocycles. The molecular formula is C14H17ClO. The molecule has 0 saturated carbocycles. The van der Waals surface area contributed by atoms with Crippen LogP contribution in [0.1, 0.15) is 24.5 Å². The molecule has 0 amide bonds. The maximum absolute atomic E-state index is 5.60. The van der Waals surface area contributed by atoms with Crippen molar-refractivity contribution in [3.8, 4) is 5.75 Å². The molecule has 0 fully saturated rings. The summed E-state index contributed by atoms with van der Waals surface area (Å²) >= 11 is 5.60. The first-order valence-electron chi connectivity index (χ1n) is 5.41. The predicted octanol–water partition coefficient (Wildman–Crippen LogP) is 4.41. The third-order valence-electron chi connectivity index (χ3n) is 2.26. The summed E-state index contributed by atoms with van der Waals surface area (Å²) in [6, 6.07) is 6.16. The first-order valence-corrected chi connectivity index (χ1v) is 5.95. The molecule has 0 heterocycles. The van der Waals surface area contributed by atoms with Crippen LogP contribution in [0.25, 0.3) is 6.08 Å². The van der Waals surface area contributed by atoms with Gasteiger partial charge in [-0.25, -0.2) is 0 Å². The van der Waals surface area contributed by atoms with Gasteiger partial charge in [0.05, 0.1) is 0 Å². The lowest BCUT2D eigenvalue weighted by Gasteiger charge is -2.10. The first-order chi connectivity index (χ1) is 7.83. The number of hydrogen-bond acceptors (Lipinski definition) is 1. The molecule has 0 unspecified atom stereocenters. The van der Waals surface area contributed by atoms with Crippen LogP contribution in [0.4, 0.5) is 0 Å². The number of benzene rings is 1. The van der Waals surface area contributed by atoms with Crippen LogP contribution in [-0.4, -0.2) is 6.07 Å². The van der Waals surface area contributed by atoms with Crippen molar-refractivity contribution in [1.82, 2.24) is 0 Å². The van der Waals surface area contributed by atoms with Gasteiger partial charge in [-0.15, -0.1) is 6.58 Å². The van der Waals surface area contributed by atoms with Crippen molar-refractivity contribution < 1.29 is 4.74 Å². The highest BCUT2D eigenvalue weighted by atomic mass is 35.5. The van der Waals surface area contributed by atoms with Gasteiger partial charge in [0, 0.05) is 5.56 Å². The van der Waals surface area contributed by atoms with Crippen molar-refractivity contribution in [2.75, 3.05) is 6.07 Å². The molecule has 0 aliphatic carbocycles. The Bertz CT molecular complexity index is 369. The van der Waals surface area contributed by atoms with E-state index in [2.05, 4.69) is 31.7 Å².